The van der Waals surface area contributed by atoms with Crippen molar-refractivity contribution in [2.24, 2.45) is 0 Å². The van der Waals surface area contributed by atoms with Gasteiger partial charge in [0, 0.05) is 32.3 Å². The van der Waals surface area contributed by atoms with Crippen molar-refractivity contribution >= 4 is 37.2 Å². The lowest BCUT2D eigenvalue weighted by Crippen LogP contribution is -3.00. The van der Waals surface area contributed by atoms with E-state index in [4.69, 9.17) is 0 Å². The smallest absolute Gasteiger partial charge is 0.196 e. The largest absolute Gasteiger partial charge is 1.00 e. The normalized spacial score (nSPS) is 13.0. The van der Waals surface area contributed by atoms with Gasteiger partial charge in [-0.1, -0.05) is 12.1 Å². The molecule has 0 aliphatic carbocycles. The van der Waals surface area contributed by atoms with Gasteiger partial charge in [-0.25, -0.2) is 0 Å². The zero-order valence-electron chi connectivity index (χ0n) is 13.4. The molecule has 1 unspecified atom stereocenters. The number of aliphatic hydroxyl groups excluding tert-OH is 1. The summed E-state index contributed by atoms with van der Waals surface area (Å²) in [6.07, 6.45) is -0.392. The van der Waals surface area contributed by atoms with Gasteiger partial charge < -0.3 is 22.1 Å². The third-order valence-electron chi connectivity index (χ3n) is 3.98. The highest BCUT2D eigenvalue weighted by molar-refractivity contribution is 7.24. The van der Waals surface area contributed by atoms with E-state index in [1.54, 1.807) is 18.3 Å². The predicted molar refractivity (Wildman–Crippen MR) is 95.8 cm³/mol. The molecule has 0 saturated heterocycles. The van der Waals surface area contributed by atoms with E-state index in [1.165, 1.54) is 0 Å². The van der Waals surface area contributed by atoms with Crippen molar-refractivity contribution in [3.05, 3.63) is 52.7 Å². The van der Waals surface area contributed by atoms with Crippen LogP contribution in [0.25, 0.3) is 20.2 Å². The standard InChI is InChI=1S/C18H20NO2S.BrH/c1-12(20)11-19(2,3)13-8-9-17-15(10-13)18(21)14-6-4-5-7-16(14)22-17;/h4-10,12,20H,11H2,1-3H3;1H/q+1;/p-1. The number of benzene rings is 2. The van der Waals surface area contributed by atoms with Crippen LogP contribution in [-0.4, -0.2) is 31.9 Å². The van der Waals surface area contributed by atoms with E-state index in [9.17, 15) is 9.90 Å². The topological polar surface area (TPSA) is 37.3 Å². The summed E-state index contributed by atoms with van der Waals surface area (Å²) in [7, 11) is 4.09. The number of hydrogen-bond acceptors (Lipinski definition) is 3. The molecule has 1 N–H and O–H groups in total. The Morgan fingerprint density at radius 1 is 1.09 bits per heavy atom. The van der Waals surface area contributed by atoms with Crippen molar-refractivity contribution in [3.8, 4) is 0 Å². The van der Waals surface area contributed by atoms with Gasteiger partial charge in [-0.3, -0.25) is 9.28 Å². The van der Waals surface area contributed by atoms with Crippen LogP contribution in [-0.2, 0) is 0 Å². The summed E-state index contributed by atoms with van der Waals surface area (Å²) in [4.78, 5) is 12.7. The van der Waals surface area contributed by atoms with Gasteiger partial charge in [0.25, 0.3) is 0 Å². The molecule has 5 heteroatoms. The van der Waals surface area contributed by atoms with Crippen LogP contribution in [0.5, 0.6) is 0 Å². The van der Waals surface area contributed by atoms with Crippen LogP contribution >= 0.6 is 11.3 Å². The second-order valence-electron chi connectivity index (χ2n) is 6.32. The lowest BCUT2D eigenvalue weighted by molar-refractivity contribution is -0.00000753. The zero-order chi connectivity index (χ0) is 15.9. The molecule has 3 rings (SSSR count). The maximum Gasteiger partial charge on any atom is 0.196 e. The number of fused-ring (bicyclic) bond motifs is 2. The van der Waals surface area contributed by atoms with Crippen molar-refractivity contribution in [3.63, 3.8) is 0 Å². The van der Waals surface area contributed by atoms with Crippen LogP contribution in [0.3, 0.4) is 0 Å². The molecule has 0 amide bonds. The second-order valence-corrected chi connectivity index (χ2v) is 7.41. The van der Waals surface area contributed by atoms with Crippen LogP contribution in [0.4, 0.5) is 5.69 Å². The molecule has 1 aromatic heterocycles. The highest BCUT2D eigenvalue weighted by Gasteiger charge is 2.22. The fourth-order valence-electron chi connectivity index (χ4n) is 2.93. The molecule has 0 spiro atoms. The number of halogens is 1. The van der Waals surface area contributed by atoms with E-state index >= 15 is 0 Å². The summed E-state index contributed by atoms with van der Waals surface area (Å²) in [5, 5.41) is 11.2. The van der Waals surface area contributed by atoms with E-state index < -0.39 is 6.10 Å². The summed E-state index contributed by atoms with van der Waals surface area (Å²) >= 11 is 1.64. The molecular formula is C18H20BrNO2S. The van der Waals surface area contributed by atoms with E-state index in [2.05, 4.69) is 6.07 Å². The maximum absolute atomic E-state index is 12.7. The Morgan fingerprint density at radius 3 is 2.43 bits per heavy atom. The fraction of sp³-hybridized carbons (Fsp3) is 0.278. The Balaban J connectivity index is 0.00000192. The van der Waals surface area contributed by atoms with E-state index in [1.807, 2.05) is 50.5 Å². The molecule has 1 heterocycles. The number of quaternary nitrogens is 1. The van der Waals surface area contributed by atoms with Gasteiger partial charge in [0.05, 0.1) is 14.1 Å². The summed E-state index contributed by atoms with van der Waals surface area (Å²) in [5.74, 6) is 0. The minimum Gasteiger partial charge on any atom is -1.00 e. The van der Waals surface area contributed by atoms with Crippen LogP contribution < -0.4 is 26.9 Å². The number of likely N-dealkylation sites (N-methyl/N-ethyl adjacent to an activating group) is 1. The van der Waals surface area contributed by atoms with E-state index in [0.29, 0.717) is 11.0 Å². The third-order valence-corrected chi connectivity index (χ3v) is 5.13. The zero-order valence-corrected chi connectivity index (χ0v) is 15.8. The highest BCUT2D eigenvalue weighted by Crippen LogP contribution is 2.29. The number of rotatable bonds is 3. The molecule has 0 radical (unpaired) electrons. The Labute approximate surface area is 150 Å². The molecule has 3 nitrogen and oxygen atoms in total. The van der Waals surface area contributed by atoms with Crippen LogP contribution in [0.1, 0.15) is 6.92 Å². The molecule has 0 saturated carbocycles. The average molecular weight is 394 g/mol. The first-order valence-electron chi connectivity index (χ1n) is 7.36. The first kappa shape index (κ1) is 18.1. The summed E-state index contributed by atoms with van der Waals surface area (Å²) in [6, 6.07) is 13.8. The Hall–Kier alpha value is -1.27. The molecule has 0 aliphatic heterocycles. The molecule has 2 aromatic carbocycles. The number of aliphatic hydroxyl groups is 1. The molecule has 0 aliphatic rings. The third kappa shape index (κ3) is 3.48. The number of hydrogen-bond donors (Lipinski definition) is 1. The molecule has 0 bridgehead atoms. The summed E-state index contributed by atoms with van der Waals surface area (Å²) in [5.41, 5.74) is 1.12. The van der Waals surface area contributed by atoms with Gasteiger partial charge in [-0.2, -0.15) is 0 Å². The van der Waals surface area contributed by atoms with Gasteiger partial charge in [0.15, 0.2) is 5.43 Å². The lowest BCUT2D eigenvalue weighted by Gasteiger charge is -2.30. The minimum atomic E-state index is -0.392. The predicted octanol–water partition coefficient (Wildman–Crippen LogP) is 0.366. The van der Waals surface area contributed by atoms with Crippen molar-refractivity contribution in [2.45, 2.75) is 13.0 Å². The van der Waals surface area contributed by atoms with Gasteiger partial charge in [0.1, 0.15) is 18.3 Å². The van der Waals surface area contributed by atoms with E-state index in [-0.39, 0.29) is 22.4 Å². The van der Waals surface area contributed by atoms with E-state index in [0.717, 1.165) is 25.9 Å². The molecular weight excluding hydrogens is 374 g/mol. The van der Waals surface area contributed by atoms with Crippen molar-refractivity contribution < 1.29 is 22.1 Å². The Morgan fingerprint density at radius 2 is 1.74 bits per heavy atom. The molecule has 122 valence electrons. The van der Waals surface area contributed by atoms with Crippen LogP contribution in [0.15, 0.2) is 47.3 Å². The summed E-state index contributed by atoms with van der Waals surface area (Å²) in [6.45, 7) is 2.40. The average Bonchev–Trinajstić information content (AvgIpc) is 2.46. The first-order valence-corrected chi connectivity index (χ1v) is 8.17. The van der Waals surface area contributed by atoms with Crippen molar-refractivity contribution in [1.82, 2.24) is 4.48 Å². The van der Waals surface area contributed by atoms with Crippen LogP contribution in [0, 0.1) is 0 Å². The monoisotopic (exact) mass is 393 g/mol. The van der Waals surface area contributed by atoms with Gasteiger partial charge >= 0.3 is 0 Å². The van der Waals surface area contributed by atoms with Crippen LogP contribution in [0.2, 0.25) is 0 Å². The molecule has 3 aromatic rings. The molecule has 23 heavy (non-hydrogen) atoms. The first-order chi connectivity index (χ1) is 10.4. The van der Waals surface area contributed by atoms with Gasteiger partial charge in [-0.05, 0) is 25.1 Å². The minimum absolute atomic E-state index is 0. The maximum atomic E-state index is 12.7. The lowest BCUT2D eigenvalue weighted by atomic mass is 10.1. The Bertz CT molecular complexity index is 902. The number of nitrogens with zero attached hydrogens (tertiary/aromatic N) is 1. The highest BCUT2D eigenvalue weighted by atomic mass is 79.9. The van der Waals surface area contributed by atoms with Gasteiger partial charge in [-0.15, -0.1) is 11.3 Å². The van der Waals surface area contributed by atoms with Gasteiger partial charge in [0.2, 0.25) is 0 Å². The SMILES string of the molecule is CC(O)C[N+](C)(C)c1ccc2sc3ccccc3c(=O)c2c1.[Br-]. The molecule has 0 fully saturated rings. The summed E-state index contributed by atoms with van der Waals surface area (Å²) < 4.78 is 2.57. The fourth-order valence-corrected chi connectivity index (χ4v) is 3.99. The van der Waals surface area contributed by atoms with Crippen molar-refractivity contribution in [2.75, 3.05) is 20.6 Å². The molecule has 1 atom stereocenters. The Kier molecular flexibility index (Phi) is 5.26. The quantitative estimate of drug-likeness (QED) is 0.515. The van der Waals surface area contributed by atoms with Crippen molar-refractivity contribution in [1.29, 1.82) is 0 Å². The second kappa shape index (κ2) is 6.69.